The van der Waals surface area contributed by atoms with E-state index in [1.54, 1.807) is 12.5 Å². The second-order valence-electron chi connectivity index (χ2n) is 3.85. The van der Waals surface area contributed by atoms with Crippen LogP contribution in [0.3, 0.4) is 0 Å². The van der Waals surface area contributed by atoms with Gasteiger partial charge in [-0.3, -0.25) is 4.79 Å². The number of rotatable bonds is 7. The Hall–Kier alpha value is -1.36. The van der Waals surface area contributed by atoms with Gasteiger partial charge in [0.2, 0.25) is 5.91 Å². The highest BCUT2D eigenvalue weighted by atomic mass is 16.1. The van der Waals surface area contributed by atoms with E-state index in [1.165, 1.54) is 0 Å². The number of hydrogen-bond acceptors (Lipinski definition) is 3. The minimum atomic E-state index is 0.0555. The van der Waals surface area contributed by atoms with E-state index in [-0.39, 0.29) is 11.9 Å². The van der Waals surface area contributed by atoms with Crippen molar-refractivity contribution < 1.29 is 4.79 Å². The second-order valence-corrected chi connectivity index (χ2v) is 3.85. The third kappa shape index (κ3) is 4.93. The van der Waals surface area contributed by atoms with Gasteiger partial charge in [0, 0.05) is 31.5 Å². The molecule has 0 fully saturated rings. The average molecular weight is 224 g/mol. The quantitative estimate of drug-likeness (QED) is 0.659. The zero-order valence-electron chi connectivity index (χ0n) is 9.94. The van der Waals surface area contributed by atoms with E-state index in [1.807, 2.05) is 17.7 Å². The van der Waals surface area contributed by atoms with E-state index in [4.69, 9.17) is 0 Å². The first-order valence-electron chi connectivity index (χ1n) is 5.68. The summed E-state index contributed by atoms with van der Waals surface area (Å²) >= 11 is 0. The average Bonchev–Trinajstić information content (AvgIpc) is 2.77. The fourth-order valence-electron chi connectivity index (χ4n) is 1.26. The molecule has 1 aromatic heterocycles. The molecule has 1 rings (SSSR count). The summed E-state index contributed by atoms with van der Waals surface area (Å²) in [5, 5.41) is 5.99. The third-order valence-electron chi connectivity index (χ3n) is 2.41. The lowest BCUT2D eigenvalue weighted by molar-refractivity contribution is -0.120. The fourth-order valence-corrected chi connectivity index (χ4v) is 1.26. The molecule has 0 saturated carbocycles. The van der Waals surface area contributed by atoms with Crippen LogP contribution in [0.25, 0.3) is 0 Å². The van der Waals surface area contributed by atoms with E-state index >= 15 is 0 Å². The van der Waals surface area contributed by atoms with E-state index in [2.05, 4.69) is 22.5 Å². The molecule has 1 atom stereocenters. The van der Waals surface area contributed by atoms with Crippen LogP contribution in [0.2, 0.25) is 0 Å². The number of carbonyl (C=O) groups excluding carboxylic acids is 1. The Kier molecular flexibility index (Phi) is 5.56. The highest BCUT2D eigenvalue weighted by Crippen LogP contribution is 1.87. The number of aromatic nitrogens is 2. The molecule has 0 spiro atoms. The molecule has 0 aromatic carbocycles. The predicted octanol–water partition coefficient (Wildman–Crippen LogP) is 0.387. The molecule has 0 aliphatic carbocycles. The van der Waals surface area contributed by atoms with Crippen molar-refractivity contribution in [3.8, 4) is 0 Å². The SMILES string of the molecule is CCC(C)NC(=O)CNCCn1ccnc1. The Morgan fingerprint density at radius 2 is 2.38 bits per heavy atom. The van der Waals surface area contributed by atoms with Gasteiger partial charge in [-0.05, 0) is 13.3 Å². The number of amides is 1. The number of imidazole rings is 1. The van der Waals surface area contributed by atoms with E-state index in [9.17, 15) is 4.79 Å². The van der Waals surface area contributed by atoms with Crippen LogP contribution in [0, 0.1) is 0 Å². The van der Waals surface area contributed by atoms with Crippen molar-refractivity contribution in [3.05, 3.63) is 18.7 Å². The summed E-state index contributed by atoms with van der Waals surface area (Å²) in [4.78, 5) is 15.3. The van der Waals surface area contributed by atoms with Crippen LogP contribution in [-0.4, -0.2) is 34.6 Å². The topological polar surface area (TPSA) is 59.0 Å². The zero-order chi connectivity index (χ0) is 11.8. The number of carbonyl (C=O) groups is 1. The van der Waals surface area contributed by atoms with Crippen molar-refractivity contribution in [2.75, 3.05) is 13.1 Å². The normalized spacial score (nSPS) is 12.4. The van der Waals surface area contributed by atoms with Crippen LogP contribution in [0.5, 0.6) is 0 Å². The first kappa shape index (κ1) is 12.7. The van der Waals surface area contributed by atoms with Crippen LogP contribution < -0.4 is 10.6 Å². The summed E-state index contributed by atoms with van der Waals surface area (Å²) in [5.74, 6) is 0.0555. The van der Waals surface area contributed by atoms with Gasteiger partial charge in [0.05, 0.1) is 12.9 Å². The van der Waals surface area contributed by atoms with Gasteiger partial charge in [-0.25, -0.2) is 4.98 Å². The van der Waals surface area contributed by atoms with Crippen LogP contribution in [-0.2, 0) is 11.3 Å². The van der Waals surface area contributed by atoms with E-state index < -0.39 is 0 Å². The molecule has 1 heterocycles. The van der Waals surface area contributed by atoms with Gasteiger partial charge in [-0.15, -0.1) is 0 Å². The van der Waals surface area contributed by atoms with Gasteiger partial charge in [0.15, 0.2) is 0 Å². The molecule has 2 N–H and O–H groups in total. The molecule has 0 bridgehead atoms. The van der Waals surface area contributed by atoms with Gasteiger partial charge in [0.1, 0.15) is 0 Å². The Balaban J connectivity index is 2.04. The molecule has 5 nitrogen and oxygen atoms in total. The minimum Gasteiger partial charge on any atom is -0.353 e. The molecular weight excluding hydrogens is 204 g/mol. The van der Waals surface area contributed by atoms with Gasteiger partial charge >= 0.3 is 0 Å². The molecule has 0 aliphatic rings. The Labute approximate surface area is 96.3 Å². The lowest BCUT2D eigenvalue weighted by atomic mass is 10.2. The number of nitrogens with zero attached hydrogens (tertiary/aromatic N) is 2. The summed E-state index contributed by atoms with van der Waals surface area (Å²) in [7, 11) is 0. The lowest BCUT2D eigenvalue weighted by Crippen LogP contribution is -2.39. The van der Waals surface area contributed by atoms with Crippen molar-refractivity contribution >= 4 is 5.91 Å². The maximum Gasteiger partial charge on any atom is 0.234 e. The largest absolute Gasteiger partial charge is 0.353 e. The van der Waals surface area contributed by atoms with Gasteiger partial charge in [-0.2, -0.15) is 0 Å². The second kappa shape index (κ2) is 7.00. The van der Waals surface area contributed by atoms with Gasteiger partial charge in [0.25, 0.3) is 0 Å². The lowest BCUT2D eigenvalue weighted by Gasteiger charge is -2.11. The van der Waals surface area contributed by atoms with Crippen molar-refractivity contribution in [1.82, 2.24) is 20.2 Å². The highest BCUT2D eigenvalue weighted by molar-refractivity contribution is 5.78. The van der Waals surface area contributed by atoms with Crippen LogP contribution >= 0.6 is 0 Å². The summed E-state index contributed by atoms with van der Waals surface area (Å²) < 4.78 is 1.97. The zero-order valence-corrected chi connectivity index (χ0v) is 9.94. The molecule has 16 heavy (non-hydrogen) atoms. The molecule has 1 amide bonds. The maximum atomic E-state index is 11.4. The predicted molar refractivity (Wildman–Crippen MR) is 63.0 cm³/mol. The van der Waals surface area contributed by atoms with Gasteiger partial charge in [-0.1, -0.05) is 6.92 Å². The standard InChI is InChI=1S/C11H20N4O/c1-3-10(2)14-11(16)8-12-4-6-15-7-5-13-9-15/h5,7,9-10,12H,3-4,6,8H2,1-2H3,(H,14,16). The molecular formula is C11H20N4O. The van der Waals surface area contributed by atoms with Crippen molar-refractivity contribution in [1.29, 1.82) is 0 Å². The first-order chi connectivity index (χ1) is 7.72. The number of nitrogens with one attached hydrogen (secondary N) is 2. The van der Waals surface area contributed by atoms with Crippen LogP contribution in [0.4, 0.5) is 0 Å². The molecule has 90 valence electrons. The summed E-state index contributed by atoms with van der Waals surface area (Å²) in [6.07, 6.45) is 6.37. The minimum absolute atomic E-state index is 0.0555. The Morgan fingerprint density at radius 3 is 3.00 bits per heavy atom. The van der Waals surface area contributed by atoms with Crippen molar-refractivity contribution in [3.63, 3.8) is 0 Å². The smallest absolute Gasteiger partial charge is 0.234 e. The van der Waals surface area contributed by atoms with Crippen LogP contribution in [0.15, 0.2) is 18.7 Å². The monoisotopic (exact) mass is 224 g/mol. The molecule has 1 aromatic rings. The fraction of sp³-hybridized carbons (Fsp3) is 0.636. The van der Waals surface area contributed by atoms with Gasteiger partial charge < -0.3 is 15.2 Å². The molecule has 5 heteroatoms. The summed E-state index contributed by atoms with van der Waals surface area (Å²) in [6.45, 7) is 6.03. The molecule has 0 aliphatic heterocycles. The maximum absolute atomic E-state index is 11.4. The summed E-state index contributed by atoms with van der Waals surface area (Å²) in [6, 6.07) is 0.253. The van der Waals surface area contributed by atoms with E-state index in [0.717, 1.165) is 19.5 Å². The number of hydrogen-bond donors (Lipinski definition) is 2. The van der Waals surface area contributed by atoms with E-state index in [0.29, 0.717) is 6.54 Å². The van der Waals surface area contributed by atoms with Crippen LogP contribution in [0.1, 0.15) is 20.3 Å². The van der Waals surface area contributed by atoms with Crippen molar-refractivity contribution in [2.45, 2.75) is 32.9 Å². The Bertz CT molecular complexity index is 297. The first-order valence-corrected chi connectivity index (χ1v) is 5.68. The molecule has 0 saturated heterocycles. The summed E-state index contributed by atoms with van der Waals surface area (Å²) in [5.41, 5.74) is 0. The molecule has 0 radical (unpaired) electrons. The molecule has 1 unspecified atom stereocenters. The Morgan fingerprint density at radius 1 is 1.56 bits per heavy atom. The third-order valence-corrected chi connectivity index (χ3v) is 2.41. The highest BCUT2D eigenvalue weighted by Gasteiger charge is 2.03. The van der Waals surface area contributed by atoms with Crippen molar-refractivity contribution in [2.24, 2.45) is 0 Å².